The molecule has 29 heavy (non-hydrogen) atoms. The van der Waals surface area contributed by atoms with E-state index in [4.69, 9.17) is 16.2 Å². The second kappa shape index (κ2) is 8.81. The van der Waals surface area contributed by atoms with Crippen LogP contribution < -0.4 is 21.5 Å². The number of hydrogen-bond donors (Lipinski definition) is 4. The summed E-state index contributed by atoms with van der Waals surface area (Å²) in [5.74, 6) is 0.372. The Kier molecular flexibility index (Phi) is 5.98. The van der Waals surface area contributed by atoms with Gasteiger partial charge in [0.15, 0.2) is 6.23 Å². The summed E-state index contributed by atoms with van der Waals surface area (Å²) in [4.78, 5) is 10.9. The van der Waals surface area contributed by atoms with Gasteiger partial charge in [0.05, 0.1) is 5.70 Å². The number of hydrogen-bond acceptors (Lipinski definition) is 9. The summed E-state index contributed by atoms with van der Waals surface area (Å²) in [5, 5.41) is 16.1. The largest absolute Gasteiger partial charge is 0.412 e. The Bertz CT molecular complexity index is 904. The Morgan fingerprint density at radius 3 is 2.97 bits per heavy atom. The molecule has 0 spiro atoms. The van der Waals surface area contributed by atoms with Gasteiger partial charge in [0.1, 0.15) is 5.69 Å². The Morgan fingerprint density at radius 1 is 1.34 bits per heavy atom. The highest BCUT2D eigenvalue weighted by Gasteiger charge is 2.23. The first kappa shape index (κ1) is 19.7. The maximum absolute atomic E-state index is 10.7. The summed E-state index contributed by atoms with van der Waals surface area (Å²) >= 11 is 1.30. The number of nitrogen functional groups attached to an aromatic ring is 1. The third-order valence-electron chi connectivity index (χ3n) is 5.09. The third-order valence-corrected chi connectivity index (χ3v) is 5.82. The summed E-state index contributed by atoms with van der Waals surface area (Å²) in [5.41, 5.74) is 15.0. The van der Waals surface area contributed by atoms with Gasteiger partial charge in [0.25, 0.3) is 5.19 Å². The first-order valence-corrected chi connectivity index (χ1v) is 10.7. The monoisotopic (exact) mass is 414 g/mol. The number of nitrogens with one attached hydrogen (secondary N) is 1. The lowest BCUT2D eigenvalue weighted by Gasteiger charge is -2.36. The highest BCUT2D eigenvalue weighted by molar-refractivity contribution is 7.11. The fourth-order valence-corrected chi connectivity index (χ4v) is 4.21. The predicted molar refractivity (Wildman–Crippen MR) is 113 cm³/mol. The van der Waals surface area contributed by atoms with Crippen LogP contribution in [0.1, 0.15) is 37.6 Å². The molecule has 2 aromatic rings. The van der Waals surface area contributed by atoms with Crippen LogP contribution >= 0.6 is 11.3 Å². The van der Waals surface area contributed by atoms with E-state index in [0.717, 1.165) is 44.5 Å². The minimum atomic E-state index is -0.933. The van der Waals surface area contributed by atoms with E-state index in [2.05, 4.69) is 26.3 Å². The molecule has 0 radical (unpaired) electrons. The smallest absolute Gasteiger partial charge is 0.280 e. The third kappa shape index (κ3) is 4.87. The van der Waals surface area contributed by atoms with Gasteiger partial charge in [-0.1, -0.05) is 17.4 Å². The van der Waals surface area contributed by atoms with Gasteiger partial charge in [-0.15, -0.1) is 0 Å². The molecule has 3 heterocycles. The Labute approximate surface area is 173 Å². The van der Waals surface area contributed by atoms with Gasteiger partial charge in [0.2, 0.25) is 5.88 Å². The van der Waals surface area contributed by atoms with Crippen molar-refractivity contribution in [3.8, 4) is 11.1 Å². The van der Waals surface area contributed by atoms with E-state index in [1.54, 1.807) is 23.7 Å². The van der Waals surface area contributed by atoms with Crippen LogP contribution in [0.2, 0.25) is 0 Å². The molecule has 4 rings (SSSR count). The molecule has 1 unspecified atom stereocenters. The average Bonchev–Trinajstić information content (AvgIpc) is 3.18. The lowest BCUT2D eigenvalue weighted by atomic mass is 10.0. The molecule has 154 valence electrons. The number of nitrogens with zero attached hydrogens (tertiary/aromatic N) is 3. The number of nitrogens with two attached hydrogens (primary N) is 2. The molecule has 1 fully saturated rings. The zero-order chi connectivity index (χ0) is 20.2. The summed E-state index contributed by atoms with van der Waals surface area (Å²) in [7, 11) is 0. The summed E-state index contributed by atoms with van der Waals surface area (Å²) in [6.45, 7) is 1.90. The van der Waals surface area contributed by atoms with E-state index in [1.165, 1.54) is 17.0 Å². The van der Waals surface area contributed by atoms with Crippen molar-refractivity contribution in [1.82, 2.24) is 20.2 Å². The van der Waals surface area contributed by atoms with Gasteiger partial charge in [-0.25, -0.2) is 9.97 Å². The topological polar surface area (TPSA) is 123 Å². The number of allylic oxidation sites excluding steroid dienone is 3. The molecule has 1 aliphatic carbocycles. The van der Waals surface area contributed by atoms with Crippen LogP contribution in [0.25, 0.3) is 0 Å². The van der Waals surface area contributed by atoms with E-state index in [0.29, 0.717) is 22.5 Å². The van der Waals surface area contributed by atoms with Crippen LogP contribution in [0.4, 0.5) is 5.69 Å². The Hall–Kier alpha value is -2.62. The summed E-state index contributed by atoms with van der Waals surface area (Å²) in [6, 6.07) is 3.60. The number of aliphatic hydroxyl groups is 1. The van der Waals surface area contributed by atoms with E-state index < -0.39 is 6.23 Å². The van der Waals surface area contributed by atoms with Crippen molar-refractivity contribution < 1.29 is 9.84 Å². The van der Waals surface area contributed by atoms with Gasteiger partial charge < -0.3 is 31.5 Å². The normalized spacial score (nSPS) is 18.8. The van der Waals surface area contributed by atoms with Gasteiger partial charge in [-0.05, 0) is 37.8 Å². The number of thiazole rings is 1. The fourth-order valence-electron chi connectivity index (χ4n) is 3.51. The summed E-state index contributed by atoms with van der Waals surface area (Å²) in [6.07, 6.45) is 8.74. The van der Waals surface area contributed by atoms with Crippen molar-refractivity contribution in [2.75, 3.05) is 18.8 Å². The number of likely N-dealkylation sites (tertiary alicyclic amines) is 1. The van der Waals surface area contributed by atoms with E-state index >= 15 is 0 Å². The van der Waals surface area contributed by atoms with Crippen molar-refractivity contribution in [2.45, 2.75) is 38.0 Å². The van der Waals surface area contributed by atoms with Crippen LogP contribution in [0.15, 0.2) is 47.3 Å². The maximum Gasteiger partial charge on any atom is 0.280 e. The molecular formula is C20H26N6O2S. The van der Waals surface area contributed by atoms with E-state index in [-0.39, 0.29) is 6.04 Å². The van der Waals surface area contributed by atoms with Crippen molar-refractivity contribution in [2.24, 2.45) is 5.73 Å². The zero-order valence-electron chi connectivity index (χ0n) is 16.1. The lowest BCUT2D eigenvalue weighted by Crippen LogP contribution is -2.40. The Morgan fingerprint density at radius 2 is 2.17 bits per heavy atom. The van der Waals surface area contributed by atoms with Crippen molar-refractivity contribution in [1.29, 1.82) is 0 Å². The number of ether oxygens (including phenoxy) is 1. The average molecular weight is 415 g/mol. The molecular weight excluding hydrogens is 388 g/mol. The number of piperidine rings is 1. The van der Waals surface area contributed by atoms with Crippen LogP contribution in [-0.4, -0.2) is 39.1 Å². The highest BCUT2D eigenvalue weighted by atomic mass is 32.1. The molecule has 1 saturated heterocycles. The molecule has 2 aromatic heterocycles. The van der Waals surface area contributed by atoms with Gasteiger partial charge in [-0.2, -0.15) is 0 Å². The van der Waals surface area contributed by atoms with Gasteiger partial charge >= 0.3 is 0 Å². The molecule has 8 nitrogen and oxygen atoms in total. The SMILES string of the molecule is Nc1ccnc(Oc2nc(C(O)NC3=C(N4CCC(N)CC4)CCC=C3)cs2)c1. The first-order chi connectivity index (χ1) is 14.1. The molecule has 0 amide bonds. The number of pyridine rings is 1. The molecule has 9 heteroatoms. The molecule has 1 atom stereocenters. The standard InChI is InChI=1S/C20H26N6O2S/c21-13-6-9-26(10-7-13)17-4-2-1-3-15(17)24-19(27)16-12-29-20(25-16)28-18-11-14(22)5-8-23-18/h1,3,5,8,11-13,19,24,27H,2,4,6-7,9-10,21H2,(H2,22,23). The second-order valence-electron chi connectivity index (χ2n) is 7.24. The van der Waals surface area contributed by atoms with Gasteiger partial charge in [0, 0.05) is 48.2 Å². The van der Waals surface area contributed by atoms with Crippen molar-refractivity contribution >= 4 is 17.0 Å². The lowest BCUT2D eigenvalue weighted by molar-refractivity contribution is 0.145. The molecule has 6 N–H and O–H groups in total. The molecule has 0 bridgehead atoms. The number of aromatic nitrogens is 2. The quantitative estimate of drug-likeness (QED) is 0.532. The minimum Gasteiger partial charge on any atom is -0.412 e. The summed E-state index contributed by atoms with van der Waals surface area (Å²) < 4.78 is 5.64. The minimum absolute atomic E-state index is 0.288. The molecule has 0 aromatic carbocycles. The van der Waals surface area contributed by atoms with Crippen LogP contribution in [0.3, 0.4) is 0 Å². The zero-order valence-corrected chi connectivity index (χ0v) is 16.9. The number of aliphatic hydroxyl groups excluding tert-OH is 1. The molecule has 0 saturated carbocycles. The first-order valence-electron chi connectivity index (χ1n) is 9.78. The maximum atomic E-state index is 10.7. The number of anilines is 1. The molecule has 1 aliphatic heterocycles. The predicted octanol–water partition coefficient (Wildman–Crippen LogP) is 2.48. The number of rotatable bonds is 6. The second-order valence-corrected chi connectivity index (χ2v) is 8.06. The Balaban J connectivity index is 1.44. The van der Waals surface area contributed by atoms with Crippen LogP contribution in [0.5, 0.6) is 11.1 Å². The van der Waals surface area contributed by atoms with Crippen molar-refractivity contribution in [3.05, 3.63) is 52.9 Å². The fraction of sp³-hybridized carbons (Fsp3) is 0.400. The van der Waals surface area contributed by atoms with Gasteiger partial charge in [-0.3, -0.25) is 0 Å². The molecule has 2 aliphatic rings. The highest BCUT2D eigenvalue weighted by Crippen LogP contribution is 2.29. The van der Waals surface area contributed by atoms with E-state index in [9.17, 15) is 5.11 Å². The van der Waals surface area contributed by atoms with Crippen LogP contribution in [-0.2, 0) is 0 Å². The van der Waals surface area contributed by atoms with Crippen LogP contribution in [0, 0.1) is 0 Å². The van der Waals surface area contributed by atoms with Crippen molar-refractivity contribution in [3.63, 3.8) is 0 Å². The van der Waals surface area contributed by atoms with E-state index in [1.807, 2.05) is 6.08 Å².